The molecule has 1 amide bonds. The number of hydrogen-bond donors (Lipinski definition) is 2. The number of anilines is 1. The number of benzene rings is 1. The SMILES string of the molecule is N#Cc1cccc(NC(=O)c2cc[nH]c(=O)c2)c1. The first-order chi connectivity index (χ1) is 8.69. The summed E-state index contributed by atoms with van der Waals surface area (Å²) >= 11 is 0. The van der Waals surface area contributed by atoms with Crippen molar-refractivity contribution in [3.05, 3.63) is 64.1 Å². The monoisotopic (exact) mass is 239 g/mol. The van der Waals surface area contributed by atoms with Crippen molar-refractivity contribution in [3.63, 3.8) is 0 Å². The van der Waals surface area contributed by atoms with Crippen LogP contribution in [0.25, 0.3) is 0 Å². The Hall–Kier alpha value is -2.87. The van der Waals surface area contributed by atoms with E-state index in [0.717, 1.165) is 0 Å². The fourth-order valence-corrected chi connectivity index (χ4v) is 1.46. The van der Waals surface area contributed by atoms with E-state index < -0.39 is 5.91 Å². The summed E-state index contributed by atoms with van der Waals surface area (Å²) in [5.74, 6) is -0.392. The van der Waals surface area contributed by atoms with Crippen LogP contribution in [0.3, 0.4) is 0 Å². The van der Waals surface area contributed by atoms with Gasteiger partial charge in [-0.25, -0.2) is 0 Å². The number of aromatic nitrogens is 1. The van der Waals surface area contributed by atoms with Gasteiger partial charge >= 0.3 is 0 Å². The summed E-state index contributed by atoms with van der Waals surface area (Å²) in [4.78, 5) is 25.3. The number of nitriles is 1. The Morgan fingerprint density at radius 2 is 2.11 bits per heavy atom. The Morgan fingerprint density at radius 3 is 2.83 bits per heavy atom. The summed E-state index contributed by atoms with van der Waals surface area (Å²) in [6.07, 6.45) is 1.41. The minimum atomic E-state index is -0.392. The van der Waals surface area contributed by atoms with Gasteiger partial charge in [-0.3, -0.25) is 9.59 Å². The van der Waals surface area contributed by atoms with Gasteiger partial charge in [-0.05, 0) is 24.3 Å². The molecule has 18 heavy (non-hydrogen) atoms. The first kappa shape index (κ1) is 11.6. The predicted molar refractivity (Wildman–Crippen MR) is 66.2 cm³/mol. The number of hydrogen-bond acceptors (Lipinski definition) is 3. The largest absolute Gasteiger partial charge is 0.329 e. The third kappa shape index (κ3) is 2.62. The number of carbonyl (C=O) groups excluding carboxylic acids is 1. The summed E-state index contributed by atoms with van der Waals surface area (Å²) in [7, 11) is 0. The lowest BCUT2D eigenvalue weighted by molar-refractivity contribution is 0.102. The van der Waals surface area contributed by atoms with Gasteiger partial charge in [-0.15, -0.1) is 0 Å². The average Bonchev–Trinajstić information content (AvgIpc) is 2.39. The van der Waals surface area contributed by atoms with Crippen LogP contribution in [0.15, 0.2) is 47.4 Å². The van der Waals surface area contributed by atoms with Crippen LogP contribution >= 0.6 is 0 Å². The maximum absolute atomic E-state index is 11.8. The minimum absolute atomic E-state index is 0.265. The molecule has 2 N–H and O–H groups in total. The highest BCUT2D eigenvalue weighted by Gasteiger charge is 2.06. The molecule has 1 aromatic carbocycles. The maximum Gasteiger partial charge on any atom is 0.255 e. The van der Waals surface area contributed by atoms with Crippen LogP contribution in [0.4, 0.5) is 5.69 Å². The molecule has 0 radical (unpaired) electrons. The Morgan fingerprint density at radius 1 is 1.28 bits per heavy atom. The van der Waals surface area contributed by atoms with Crippen molar-refractivity contribution < 1.29 is 4.79 Å². The zero-order valence-electron chi connectivity index (χ0n) is 9.31. The lowest BCUT2D eigenvalue weighted by Gasteiger charge is -2.04. The smallest absolute Gasteiger partial charge is 0.255 e. The number of carbonyl (C=O) groups is 1. The zero-order chi connectivity index (χ0) is 13.0. The van der Waals surface area contributed by atoms with Crippen LogP contribution in [0.2, 0.25) is 0 Å². The molecule has 0 bridgehead atoms. The van der Waals surface area contributed by atoms with Gasteiger partial charge in [0.2, 0.25) is 5.56 Å². The Kier molecular flexibility index (Phi) is 3.21. The highest BCUT2D eigenvalue weighted by Crippen LogP contribution is 2.10. The molecule has 0 spiro atoms. The molecule has 0 unspecified atom stereocenters. The number of pyridine rings is 1. The Bertz CT molecular complexity index is 683. The maximum atomic E-state index is 11.8. The van der Waals surface area contributed by atoms with Crippen molar-refractivity contribution in [2.45, 2.75) is 0 Å². The van der Waals surface area contributed by atoms with E-state index in [1.165, 1.54) is 18.3 Å². The van der Waals surface area contributed by atoms with Gasteiger partial charge < -0.3 is 10.3 Å². The molecule has 0 saturated heterocycles. The van der Waals surface area contributed by atoms with Gasteiger partial charge in [0.15, 0.2) is 0 Å². The van der Waals surface area contributed by atoms with E-state index in [9.17, 15) is 9.59 Å². The molecule has 0 saturated carbocycles. The molecule has 0 aliphatic heterocycles. The topological polar surface area (TPSA) is 85.8 Å². The number of H-pyrrole nitrogens is 1. The lowest BCUT2D eigenvalue weighted by Crippen LogP contribution is -2.15. The molecule has 0 aliphatic rings. The molecule has 5 nitrogen and oxygen atoms in total. The summed E-state index contributed by atoms with van der Waals surface area (Å²) in [5.41, 5.74) is 0.896. The highest BCUT2D eigenvalue weighted by molar-refractivity contribution is 6.04. The van der Waals surface area contributed by atoms with Gasteiger partial charge in [0.05, 0.1) is 11.6 Å². The Labute approximate surface area is 103 Å². The van der Waals surface area contributed by atoms with Crippen LogP contribution < -0.4 is 10.9 Å². The van der Waals surface area contributed by atoms with Gasteiger partial charge in [0.1, 0.15) is 0 Å². The van der Waals surface area contributed by atoms with E-state index in [2.05, 4.69) is 10.3 Å². The van der Waals surface area contributed by atoms with Gasteiger partial charge in [0, 0.05) is 23.5 Å². The quantitative estimate of drug-likeness (QED) is 0.832. The summed E-state index contributed by atoms with van der Waals surface area (Å²) in [5, 5.41) is 11.4. The number of nitrogens with zero attached hydrogens (tertiary/aromatic N) is 1. The standard InChI is InChI=1S/C13H9N3O2/c14-8-9-2-1-3-11(6-9)16-13(18)10-4-5-15-12(17)7-10/h1-7H,(H,15,17)(H,16,18). The molecule has 2 aromatic rings. The molecular weight excluding hydrogens is 230 g/mol. The normalized spacial score (nSPS) is 9.50. The van der Waals surface area contributed by atoms with Gasteiger partial charge in [-0.2, -0.15) is 5.26 Å². The fourth-order valence-electron chi connectivity index (χ4n) is 1.46. The third-order valence-electron chi connectivity index (χ3n) is 2.29. The second-order valence-electron chi connectivity index (χ2n) is 3.59. The molecule has 0 fully saturated rings. The van der Waals surface area contributed by atoms with Crippen molar-refractivity contribution in [3.8, 4) is 6.07 Å². The van der Waals surface area contributed by atoms with Crippen molar-refractivity contribution in [2.75, 3.05) is 5.32 Å². The van der Waals surface area contributed by atoms with Crippen LogP contribution in [0.5, 0.6) is 0 Å². The first-order valence-corrected chi connectivity index (χ1v) is 5.19. The molecule has 5 heteroatoms. The van der Waals surface area contributed by atoms with Crippen molar-refractivity contribution in [1.29, 1.82) is 5.26 Å². The highest BCUT2D eigenvalue weighted by atomic mass is 16.2. The second-order valence-corrected chi connectivity index (χ2v) is 3.59. The minimum Gasteiger partial charge on any atom is -0.329 e. The molecule has 88 valence electrons. The summed E-state index contributed by atoms with van der Waals surface area (Å²) in [6, 6.07) is 11.2. The van der Waals surface area contributed by atoms with E-state index >= 15 is 0 Å². The lowest BCUT2D eigenvalue weighted by atomic mass is 10.2. The number of aromatic amines is 1. The number of rotatable bonds is 2. The molecule has 0 atom stereocenters. The third-order valence-corrected chi connectivity index (χ3v) is 2.29. The Balaban J connectivity index is 2.21. The van der Waals surface area contributed by atoms with Crippen LogP contribution in [0, 0.1) is 11.3 Å². The summed E-state index contributed by atoms with van der Waals surface area (Å²) < 4.78 is 0. The average molecular weight is 239 g/mol. The molecule has 1 aromatic heterocycles. The van der Waals surface area contributed by atoms with Gasteiger partial charge in [0.25, 0.3) is 5.91 Å². The van der Waals surface area contributed by atoms with E-state index in [4.69, 9.17) is 5.26 Å². The van der Waals surface area contributed by atoms with Gasteiger partial charge in [-0.1, -0.05) is 6.07 Å². The fraction of sp³-hybridized carbons (Fsp3) is 0. The van der Waals surface area contributed by atoms with Crippen molar-refractivity contribution >= 4 is 11.6 Å². The van der Waals surface area contributed by atoms with Crippen LogP contribution in [0.1, 0.15) is 15.9 Å². The van der Waals surface area contributed by atoms with Crippen LogP contribution in [-0.2, 0) is 0 Å². The molecule has 0 aliphatic carbocycles. The molecular formula is C13H9N3O2. The molecule has 2 rings (SSSR count). The second kappa shape index (κ2) is 4.97. The van der Waals surface area contributed by atoms with Crippen molar-refractivity contribution in [1.82, 2.24) is 4.98 Å². The van der Waals surface area contributed by atoms with Crippen LogP contribution in [-0.4, -0.2) is 10.9 Å². The van der Waals surface area contributed by atoms with E-state index in [-0.39, 0.29) is 11.1 Å². The predicted octanol–water partition coefficient (Wildman–Crippen LogP) is 1.50. The number of nitrogens with one attached hydrogen (secondary N) is 2. The zero-order valence-corrected chi connectivity index (χ0v) is 9.31. The first-order valence-electron chi connectivity index (χ1n) is 5.19. The van der Waals surface area contributed by atoms with E-state index in [1.54, 1.807) is 24.3 Å². The molecule has 1 heterocycles. The van der Waals surface area contributed by atoms with Crippen molar-refractivity contribution in [2.24, 2.45) is 0 Å². The summed E-state index contributed by atoms with van der Waals surface area (Å²) in [6.45, 7) is 0. The number of amides is 1. The van der Waals surface area contributed by atoms with E-state index in [1.807, 2.05) is 6.07 Å². The van der Waals surface area contributed by atoms with E-state index in [0.29, 0.717) is 11.3 Å².